The van der Waals surface area contributed by atoms with Gasteiger partial charge in [-0.3, -0.25) is 13.9 Å². The van der Waals surface area contributed by atoms with Crippen LogP contribution in [0.3, 0.4) is 0 Å². The van der Waals surface area contributed by atoms with Crippen molar-refractivity contribution >= 4 is 26.9 Å². The monoisotopic (exact) mass is 333 g/mol. The predicted octanol–water partition coefficient (Wildman–Crippen LogP) is -1.54. The molecule has 118 valence electrons. The minimum atomic E-state index is -4.47. The number of hydrazine groups is 2. The van der Waals surface area contributed by atoms with Crippen LogP contribution in [0.1, 0.15) is 19.8 Å². The van der Waals surface area contributed by atoms with Crippen LogP contribution in [0, 0.1) is 0 Å². The zero-order chi connectivity index (χ0) is 16.0. The van der Waals surface area contributed by atoms with E-state index in [4.69, 9.17) is 19.6 Å². The van der Waals surface area contributed by atoms with E-state index >= 15 is 0 Å². The highest BCUT2D eigenvalue weighted by molar-refractivity contribution is 7.51. The second kappa shape index (κ2) is 7.96. The van der Waals surface area contributed by atoms with Gasteiger partial charge < -0.3 is 24.4 Å². The molecule has 0 aromatic carbocycles. The van der Waals surface area contributed by atoms with E-state index in [2.05, 4.69) is 0 Å². The number of hydrogen-bond donors (Lipinski definition) is 6. The van der Waals surface area contributed by atoms with Crippen LogP contribution in [0.4, 0.5) is 0 Å². The summed E-state index contributed by atoms with van der Waals surface area (Å²) in [5.41, 5.74) is 4.02. The summed E-state index contributed by atoms with van der Waals surface area (Å²) in [7, 11) is -8.94. The third-order valence-corrected chi connectivity index (χ3v) is 2.92. The van der Waals surface area contributed by atoms with Crippen molar-refractivity contribution in [2.24, 2.45) is 0 Å². The normalized spacial score (nSPS) is 12.2. The third kappa shape index (κ3) is 11.2. The van der Waals surface area contributed by atoms with Gasteiger partial charge in [0.15, 0.2) is 0 Å². The minimum Gasteiger partial charge on any atom is -0.323 e. The van der Waals surface area contributed by atoms with Crippen molar-refractivity contribution in [3.63, 3.8) is 0 Å². The average Bonchev–Trinajstić information content (AvgIpc) is 2.22. The van der Waals surface area contributed by atoms with Gasteiger partial charge in [0, 0.05) is 12.8 Å². The Morgan fingerprint density at radius 3 is 1.65 bits per heavy atom. The molecule has 0 aromatic heterocycles. The van der Waals surface area contributed by atoms with E-state index in [1.807, 2.05) is 10.9 Å². The Labute approximate surface area is 114 Å². The second-order valence-electron chi connectivity index (χ2n) is 3.89. The molecule has 0 unspecified atom stereocenters. The second-order valence-corrected chi connectivity index (χ2v) is 7.18. The molecule has 13 heteroatoms. The molecule has 1 amide bonds. The lowest BCUT2D eigenvalue weighted by atomic mass is 10.2. The van der Waals surface area contributed by atoms with Gasteiger partial charge in [-0.15, -0.1) is 0 Å². The predicted molar refractivity (Wildman–Crippen MR) is 66.9 cm³/mol. The van der Waals surface area contributed by atoms with Gasteiger partial charge in [-0.25, -0.2) is 16.0 Å². The Morgan fingerprint density at radius 2 is 1.35 bits per heavy atom. The molecule has 0 saturated carbocycles. The molecule has 6 N–H and O–H groups in total. The highest BCUT2D eigenvalue weighted by Gasteiger charge is 2.22. The maximum atomic E-state index is 11.6. The topological polar surface area (TPSA) is 176 Å². The van der Waals surface area contributed by atoms with E-state index in [-0.39, 0.29) is 18.6 Å². The van der Waals surface area contributed by atoms with E-state index in [1.165, 1.54) is 6.92 Å². The molecular formula is C7H17N3O8P2. The summed E-state index contributed by atoms with van der Waals surface area (Å²) in [6.07, 6.45) is -2.21. The van der Waals surface area contributed by atoms with Gasteiger partial charge in [0.2, 0.25) is 0 Å². The van der Waals surface area contributed by atoms with Crippen LogP contribution < -0.4 is 10.9 Å². The van der Waals surface area contributed by atoms with Crippen molar-refractivity contribution in [1.29, 1.82) is 0 Å². The highest BCUT2D eigenvalue weighted by atomic mass is 31.2. The molecule has 20 heavy (non-hydrogen) atoms. The molecule has 0 aliphatic heterocycles. The molecule has 0 saturated heterocycles. The van der Waals surface area contributed by atoms with Crippen molar-refractivity contribution in [3.8, 4) is 0 Å². The number of amides is 1. The number of nitrogens with one attached hydrogen (secondary N) is 2. The fourth-order valence-corrected chi connectivity index (χ4v) is 1.60. The molecule has 0 atom stereocenters. The van der Waals surface area contributed by atoms with Crippen molar-refractivity contribution in [1.82, 2.24) is 16.0 Å². The lowest BCUT2D eigenvalue weighted by Gasteiger charge is -2.24. The molecule has 0 fully saturated rings. The lowest BCUT2D eigenvalue weighted by Crippen LogP contribution is -2.52. The largest absolute Gasteiger partial charge is 0.341 e. The Kier molecular flexibility index (Phi) is 7.71. The zero-order valence-corrected chi connectivity index (χ0v) is 12.4. The molecule has 0 radical (unpaired) electrons. The third-order valence-electron chi connectivity index (χ3n) is 1.81. The first-order chi connectivity index (χ1) is 8.91. The summed E-state index contributed by atoms with van der Waals surface area (Å²) in [6, 6.07) is 0. The first kappa shape index (κ1) is 19.4. The Morgan fingerprint density at radius 1 is 0.950 bits per heavy atom. The van der Waals surface area contributed by atoms with Crippen LogP contribution in [-0.4, -0.2) is 49.0 Å². The molecule has 0 aromatic rings. The van der Waals surface area contributed by atoms with E-state index < -0.39 is 33.7 Å². The fourth-order valence-electron chi connectivity index (χ4n) is 0.953. The van der Waals surface area contributed by atoms with E-state index in [0.29, 0.717) is 5.12 Å². The minimum absolute atomic E-state index is 0.107. The van der Waals surface area contributed by atoms with Crippen LogP contribution in [0.15, 0.2) is 0 Å². The van der Waals surface area contributed by atoms with Gasteiger partial charge >= 0.3 is 15.2 Å². The Hall–Kier alpha value is -0.640. The highest BCUT2D eigenvalue weighted by Crippen LogP contribution is 2.33. The summed E-state index contributed by atoms with van der Waals surface area (Å²) >= 11 is 0. The fraction of sp³-hybridized carbons (Fsp3) is 0.714. The number of rotatable bonds is 9. The number of carbonyl (C=O) groups is 2. The summed E-state index contributed by atoms with van der Waals surface area (Å²) < 4.78 is 21.4. The molecule has 0 aliphatic carbocycles. The standard InChI is InChI=1S/C7H17N3O8P2/c1-6(11)2-3-7(12)10(8-4-19(13,14)15)9-5-20(16,17)18/h8-9H,2-5H2,1H3,(H2,13,14,15)(H2,16,17,18). The van der Waals surface area contributed by atoms with Crippen molar-refractivity contribution in [2.45, 2.75) is 19.8 Å². The van der Waals surface area contributed by atoms with Crippen LogP contribution >= 0.6 is 15.2 Å². The van der Waals surface area contributed by atoms with Crippen LogP contribution in [-0.2, 0) is 18.7 Å². The molecule has 0 bridgehead atoms. The molecule has 11 nitrogen and oxygen atoms in total. The van der Waals surface area contributed by atoms with Crippen molar-refractivity contribution in [3.05, 3.63) is 0 Å². The SMILES string of the molecule is CC(=O)CCC(=O)N(NCP(=O)(O)O)NCP(=O)(O)O. The van der Waals surface area contributed by atoms with Crippen molar-refractivity contribution in [2.75, 3.05) is 12.6 Å². The number of carbonyl (C=O) groups excluding carboxylic acids is 2. The molecule has 0 spiro atoms. The van der Waals surface area contributed by atoms with Gasteiger partial charge in [0.25, 0.3) is 5.91 Å². The van der Waals surface area contributed by atoms with Gasteiger partial charge in [0.05, 0.1) is 0 Å². The Balaban J connectivity index is 4.60. The summed E-state index contributed by atoms with van der Waals surface area (Å²) in [5, 5.41) is 0.459. The van der Waals surface area contributed by atoms with Gasteiger partial charge in [-0.05, 0) is 6.92 Å². The van der Waals surface area contributed by atoms with Gasteiger partial charge in [-0.1, -0.05) is 0 Å². The summed E-state index contributed by atoms with van der Waals surface area (Å²) in [6.45, 7) is 1.25. The van der Waals surface area contributed by atoms with E-state index in [9.17, 15) is 18.7 Å². The summed E-state index contributed by atoms with van der Waals surface area (Å²) in [5.74, 6) is -1.06. The first-order valence-electron chi connectivity index (χ1n) is 5.29. The number of Topliss-reactive ketones (excluding diaryl/α,β-unsaturated/α-hetero) is 1. The quantitative estimate of drug-likeness (QED) is 0.214. The van der Waals surface area contributed by atoms with Gasteiger partial charge in [0.1, 0.15) is 18.4 Å². The Bertz CT molecular complexity index is 417. The maximum absolute atomic E-state index is 11.6. The molecule has 0 aliphatic rings. The molecule has 0 rings (SSSR count). The zero-order valence-electron chi connectivity index (χ0n) is 10.6. The lowest BCUT2D eigenvalue weighted by molar-refractivity contribution is -0.139. The number of nitrogens with zero attached hydrogens (tertiary/aromatic N) is 1. The summed E-state index contributed by atoms with van der Waals surface area (Å²) in [4.78, 5) is 57.0. The molecular weight excluding hydrogens is 316 g/mol. The first-order valence-corrected chi connectivity index (χ1v) is 8.89. The van der Waals surface area contributed by atoms with Crippen molar-refractivity contribution < 1.29 is 38.3 Å². The van der Waals surface area contributed by atoms with Crippen LogP contribution in [0.2, 0.25) is 0 Å². The molecule has 0 heterocycles. The van der Waals surface area contributed by atoms with Crippen LogP contribution in [0.5, 0.6) is 0 Å². The average molecular weight is 333 g/mol. The van der Waals surface area contributed by atoms with Gasteiger partial charge in [-0.2, -0.15) is 0 Å². The maximum Gasteiger partial charge on any atom is 0.341 e. The van der Waals surface area contributed by atoms with Crippen LogP contribution in [0.25, 0.3) is 0 Å². The van der Waals surface area contributed by atoms with E-state index in [1.54, 1.807) is 0 Å². The number of hydrogen-bond acceptors (Lipinski definition) is 6. The van der Waals surface area contributed by atoms with E-state index in [0.717, 1.165) is 0 Å². The smallest absolute Gasteiger partial charge is 0.323 e. The number of ketones is 1.